The topological polar surface area (TPSA) is 41.1 Å². The van der Waals surface area contributed by atoms with Crippen molar-refractivity contribution in [2.24, 2.45) is 0 Å². The van der Waals surface area contributed by atoms with E-state index in [1.165, 1.54) is 0 Å². The average molecular weight is 351 g/mol. The molecule has 2 heterocycles. The smallest absolute Gasteiger partial charge is 0.227 e. The second-order valence-corrected chi connectivity index (χ2v) is 6.62. The first-order valence-corrected chi connectivity index (χ1v) is 8.25. The molecule has 3 rings (SSSR count). The predicted molar refractivity (Wildman–Crippen MR) is 86.2 cm³/mol. The summed E-state index contributed by atoms with van der Waals surface area (Å²) in [5, 5.41) is 8.41. The number of carbonyl (C=O) groups is 1. The number of halogens is 1. The highest BCUT2D eigenvalue weighted by Gasteiger charge is 2.25. The van der Waals surface area contributed by atoms with Gasteiger partial charge in [-0.3, -0.25) is 4.79 Å². The third-order valence-electron chi connectivity index (χ3n) is 3.52. The lowest BCUT2D eigenvalue weighted by Gasteiger charge is -2.25. The van der Waals surface area contributed by atoms with Crippen molar-refractivity contribution in [3.05, 3.63) is 50.6 Å². The molecule has 3 nitrogen and oxygen atoms in total. The summed E-state index contributed by atoms with van der Waals surface area (Å²) in [6.07, 6.45) is 0.842. The molecule has 0 aliphatic carbocycles. The van der Waals surface area contributed by atoms with E-state index in [2.05, 4.69) is 26.6 Å². The minimum atomic E-state index is -0.0498. The number of thiophene rings is 1. The van der Waals surface area contributed by atoms with Crippen LogP contribution in [0.4, 0.5) is 5.69 Å². The number of benzene rings is 1. The number of amides is 1. The predicted octanol–water partition coefficient (Wildman–Crippen LogP) is 3.73. The van der Waals surface area contributed by atoms with Crippen molar-refractivity contribution in [3.8, 4) is 0 Å². The van der Waals surface area contributed by atoms with Gasteiger partial charge in [-0.1, -0.05) is 18.2 Å². The Bertz CT molecular complexity index is 626. The highest BCUT2D eigenvalue weighted by atomic mass is 79.9. The molecule has 0 saturated carbocycles. The maximum Gasteiger partial charge on any atom is 0.227 e. The Kier molecular flexibility index (Phi) is 4.08. The SMILES string of the molecule is O=C(NCc1sccc1Br)C1CCNc2ccccc21. The molecule has 1 aromatic heterocycles. The van der Waals surface area contributed by atoms with Gasteiger partial charge in [-0.25, -0.2) is 0 Å². The molecule has 0 radical (unpaired) electrons. The first kappa shape index (κ1) is 13.6. The molecule has 1 aromatic carbocycles. The summed E-state index contributed by atoms with van der Waals surface area (Å²) >= 11 is 5.14. The largest absolute Gasteiger partial charge is 0.385 e. The van der Waals surface area contributed by atoms with Gasteiger partial charge in [0.2, 0.25) is 5.91 Å². The quantitative estimate of drug-likeness (QED) is 0.885. The van der Waals surface area contributed by atoms with Crippen molar-refractivity contribution in [2.75, 3.05) is 11.9 Å². The molecule has 1 amide bonds. The van der Waals surface area contributed by atoms with Crippen LogP contribution in [0, 0.1) is 0 Å². The van der Waals surface area contributed by atoms with Gasteiger partial charge in [0.05, 0.1) is 12.5 Å². The van der Waals surface area contributed by atoms with Crippen LogP contribution in [0.25, 0.3) is 0 Å². The van der Waals surface area contributed by atoms with Crippen molar-refractivity contribution in [2.45, 2.75) is 18.9 Å². The maximum absolute atomic E-state index is 12.4. The number of carbonyl (C=O) groups excluding carboxylic acids is 1. The number of para-hydroxylation sites is 1. The zero-order valence-corrected chi connectivity index (χ0v) is 13.3. The first-order valence-electron chi connectivity index (χ1n) is 6.58. The molecule has 0 fully saturated rings. The van der Waals surface area contributed by atoms with Crippen LogP contribution in [0.3, 0.4) is 0 Å². The van der Waals surface area contributed by atoms with E-state index in [9.17, 15) is 4.79 Å². The zero-order valence-electron chi connectivity index (χ0n) is 10.9. The van der Waals surface area contributed by atoms with Gasteiger partial charge in [-0.2, -0.15) is 0 Å². The Morgan fingerprint density at radius 3 is 3.05 bits per heavy atom. The fourth-order valence-corrected chi connectivity index (χ4v) is 3.91. The second kappa shape index (κ2) is 5.97. The monoisotopic (exact) mass is 350 g/mol. The summed E-state index contributed by atoms with van der Waals surface area (Å²) in [7, 11) is 0. The highest BCUT2D eigenvalue weighted by Crippen LogP contribution is 2.31. The lowest BCUT2D eigenvalue weighted by molar-refractivity contribution is -0.122. The Hall–Kier alpha value is -1.33. The molecule has 1 aliphatic heterocycles. The molecule has 0 saturated heterocycles. The van der Waals surface area contributed by atoms with E-state index < -0.39 is 0 Å². The molecule has 104 valence electrons. The van der Waals surface area contributed by atoms with Gasteiger partial charge >= 0.3 is 0 Å². The molecule has 5 heteroatoms. The highest BCUT2D eigenvalue weighted by molar-refractivity contribution is 9.10. The van der Waals surface area contributed by atoms with Gasteiger partial charge in [-0.15, -0.1) is 11.3 Å². The fraction of sp³-hybridized carbons (Fsp3) is 0.267. The number of hydrogen-bond acceptors (Lipinski definition) is 3. The van der Waals surface area contributed by atoms with Crippen LogP contribution in [0.1, 0.15) is 22.8 Å². The molecule has 1 aliphatic rings. The number of fused-ring (bicyclic) bond motifs is 1. The fourth-order valence-electron chi connectivity index (χ4n) is 2.48. The van der Waals surface area contributed by atoms with Crippen molar-refractivity contribution >= 4 is 38.9 Å². The first-order chi connectivity index (χ1) is 9.75. The number of anilines is 1. The Morgan fingerprint density at radius 2 is 2.25 bits per heavy atom. The molecular formula is C15H15BrN2OS. The van der Waals surface area contributed by atoms with Gasteiger partial charge in [0.15, 0.2) is 0 Å². The van der Waals surface area contributed by atoms with Crippen molar-refractivity contribution in [1.29, 1.82) is 0 Å². The Morgan fingerprint density at radius 1 is 1.40 bits per heavy atom. The number of nitrogens with one attached hydrogen (secondary N) is 2. The van der Waals surface area contributed by atoms with Gasteiger partial charge < -0.3 is 10.6 Å². The molecule has 1 atom stereocenters. The van der Waals surface area contributed by atoms with Crippen molar-refractivity contribution < 1.29 is 4.79 Å². The lowest BCUT2D eigenvalue weighted by Crippen LogP contribution is -2.32. The van der Waals surface area contributed by atoms with Crippen LogP contribution < -0.4 is 10.6 Å². The van der Waals surface area contributed by atoms with Gasteiger partial charge in [-0.05, 0) is 45.4 Å². The minimum Gasteiger partial charge on any atom is -0.385 e. The van der Waals surface area contributed by atoms with Crippen LogP contribution in [0.2, 0.25) is 0 Å². The van der Waals surface area contributed by atoms with Crippen molar-refractivity contribution in [3.63, 3.8) is 0 Å². The summed E-state index contributed by atoms with van der Waals surface area (Å²) in [4.78, 5) is 13.6. The summed E-state index contributed by atoms with van der Waals surface area (Å²) < 4.78 is 1.06. The van der Waals surface area contributed by atoms with E-state index in [0.717, 1.165) is 33.6 Å². The Balaban J connectivity index is 1.71. The summed E-state index contributed by atoms with van der Waals surface area (Å²) in [6, 6.07) is 10.1. The third kappa shape index (κ3) is 2.74. The van der Waals surface area contributed by atoms with Crippen molar-refractivity contribution in [1.82, 2.24) is 5.32 Å². The van der Waals surface area contributed by atoms with E-state index in [1.807, 2.05) is 35.7 Å². The average Bonchev–Trinajstić information content (AvgIpc) is 2.89. The van der Waals surface area contributed by atoms with Crippen LogP contribution in [-0.4, -0.2) is 12.5 Å². The third-order valence-corrected chi connectivity index (χ3v) is 5.44. The van der Waals surface area contributed by atoms with Crippen LogP contribution in [0.15, 0.2) is 40.2 Å². The zero-order chi connectivity index (χ0) is 13.9. The molecule has 0 spiro atoms. The molecule has 2 N–H and O–H groups in total. The van der Waals surface area contributed by atoms with E-state index >= 15 is 0 Å². The maximum atomic E-state index is 12.4. The number of rotatable bonds is 3. The second-order valence-electron chi connectivity index (χ2n) is 4.76. The summed E-state index contributed by atoms with van der Waals surface area (Å²) in [5.41, 5.74) is 2.18. The van der Waals surface area contributed by atoms with Gasteiger partial charge in [0.1, 0.15) is 0 Å². The van der Waals surface area contributed by atoms with Crippen LogP contribution in [0.5, 0.6) is 0 Å². The van der Waals surface area contributed by atoms with E-state index in [4.69, 9.17) is 0 Å². The molecule has 2 aromatic rings. The normalized spacial score (nSPS) is 17.1. The molecule has 1 unspecified atom stereocenters. The molecular weight excluding hydrogens is 336 g/mol. The Labute approximate surface area is 130 Å². The summed E-state index contributed by atoms with van der Waals surface area (Å²) in [6.45, 7) is 1.43. The standard InChI is InChI=1S/C15H15BrN2OS/c16-12-6-8-20-14(12)9-18-15(19)11-5-7-17-13-4-2-1-3-10(11)13/h1-4,6,8,11,17H,5,7,9H2,(H,18,19). The van der Waals surface area contributed by atoms with E-state index in [0.29, 0.717) is 6.54 Å². The molecule has 0 bridgehead atoms. The minimum absolute atomic E-state index is 0.0498. The van der Waals surface area contributed by atoms with Crippen LogP contribution in [-0.2, 0) is 11.3 Å². The van der Waals surface area contributed by atoms with E-state index in [-0.39, 0.29) is 11.8 Å². The van der Waals surface area contributed by atoms with E-state index in [1.54, 1.807) is 11.3 Å². The summed E-state index contributed by atoms with van der Waals surface area (Å²) in [5.74, 6) is 0.0606. The number of hydrogen-bond donors (Lipinski definition) is 2. The van der Waals surface area contributed by atoms with Gasteiger partial charge in [0, 0.05) is 21.6 Å². The van der Waals surface area contributed by atoms with Crippen LogP contribution >= 0.6 is 27.3 Å². The lowest BCUT2D eigenvalue weighted by atomic mass is 9.90. The molecule has 20 heavy (non-hydrogen) atoms. The van der Waals surface area contributed by atoms with Gasteiger partial charge in [0.25, 0.3) is 0 Å².